The van der Waals surface area contributed by atoms with E-state index in [1.165, 1.54) is 6.42 Å². The molecule has 3 nitrogen and oxygen atoms in total. The van der Waals surface area contributed by atoms with Crippen LogP contribution in [-0.4, -0.2) is 30.2 Å². The summed E-state index contributed by atoms with van der Waals surface area (Å²) in [6.45, 7) is 6.97. The standard InChI is InChI=1S/C11H22O3/c1-9(2)5-4-6-11(3)13-8-10(7-12)14-11/h9-10,12H,4-8H2,1-3H3. The second kappa shape index (κ2) is 5.10. The van der Waals surface area contributed by atoms with Gasteiger partial charge in [0.2, 0.25) is 0 Å². The predicted octanol–water partition coefficient (Wildman–Crippen LogP) is 1.94. The van der Waals surface area contributed by atoms with Gasteiger partial charge in [-0.15, -0.1) is 0 Å². The lowest BCUT2D eigenvalue weighted by Crippen LogP contribution is -2.27. The number of aliphatic hydroxyl groups excluding tert-OH is 1. The van der Waals surface area contributed by atoms with Gasteiger partial charge in [0, 0.05) is 6.42 Å². The Kier molecular flexibility index (Phi) is 4.35. The largest absolute Gasteiger partial charge is 0.394 e. The maximum Gasteiger partial charge on any atom is 0.166 e. The summed E-state index contributed by atoms with van der Waals surface area (Å²) in [6.07, 6.45) is 3.11. The molecule has 1 rings (SSSR count). The molecule has 0 saturated carbocycles. The molecule has 0 aromatic heterocycles. The lowest BCUT2D eigenvalue weighted by molar-refractivity contribution is -0.162. The summed E-state index contributed by atoms with van der Waals surface area (Å²) in [5.41, 5.74) is 0. The first kappa shape index (κ1) is 12.0. The SMILES string of the molecule is CC(C)CCCC1(C)OCC(CO)O1. The van der Waals surface area contributed by atoms with Gasteiger partial charge in [0.1, 0.15) is 6.10 Å². The Morgan fingerprint density at radius 2 is 2.21 bits per heavy atom. The molecule has 0 aromatic carbocycles. The topological polar surface area (TPSA) is 38.7 Å². The molecule has 0 amide bonds. The van der Waals surface area contributed by atoms with Crippen molar-refractivity contribution in [2.45, 2.75) is 51.9 Å². The van der Waals surface area contributed by atoms with Crippen molar-refractivity contribution in [3.8, 4) is 0 Å². The molecule has 1 N–H and O–H groups in total. The Hall–Kier alpha value is -0.120. The highest BCUT2D eigenvalue weighted by atomic mass is 16.7. The van der Waals surface area contributed by atoms with E-state index in [1.54, 1.807) is 0 Å². The van der Waals surface area contributed by atoms with Crippen molar-refractivity contribution in [2.75, 3.05) is 13.2 Å². The second-order valence-electron chi connectivity index (χ2n) is 4.65. The molecular weight excluding hydrogens is 180 g/mol. The van der Waals surface area contributed by atoms with E-state index in [0.29, 0.717) is 6.61 Å². The Morgan fingerprint density at radius 3 is 2.71 bits per heavy atom. The van der Waals surface area contributed by atoms with E-state index in [0.717, 1.165) is 18.8 Å². The van der Waals surface area contributed by atoms with Crippen LogP contribution in [0.15, 0.2) is 0 Å². The number of aliphatic hydroxyl groups is 1. The summed E-state index contributed by atoms with van der Waals surface area (Å²) < 4.78 is 11.2. The minimum atomic E-state index is -0.456. The molecule has 1 saturated heterocycles. The monoisotopic (exact) mass is 202 g/mol. The number of hydrogen-bond donors (Lipinski definition) is 1. The third-order valence-corrected chi connectivity index (χ3v) is 2.61. The van der Waals surface area contributed by atoms with Gasteiger partial charge in [0.25, 0.3) is 0 Å². The minimum absolute atomic E-state index is 0.0553. The molecule has 2 unspecified atom stereocenters. The first-order valence-corrected chi connectivity index (χ1v) is 5.48. The van der Waals surface area contributed by atoms with Crippen LogP contribution in [0.5, 0.6) is 0 Å². The van der Waals surface area contributed by atoms with Gasteiger partial charge in [-0.1, -0.05) is 20.3 Å². The van der Waals surface area contributed by atoms with E-state index in [4.69, 9.17) is 14.6 Å². The van der Waals surface area contributed by atoms with Crippen molar-refractivity contribution in [3.63, 3.8) is 0 Å². The number of ether oxygens (including phenoxy) is 2. The van der Waals surface area contributed by atoms with Gasteiger partial charge in [0.05, 0.1) is 13.2 Å². The molecule has 0 radical (unpaired) electrons. The van der Waals surface area contributed by atoms with Crippen LogP contribution in [0.25, 0.3) is 0 Å². The van der Waals surface area contributed by atoms with E-state index < -0.39 is 5.79 Å². The summed E-state index contributed by atoms with van der Waals surface area (Å²) >= 11 is 0. The fourth-order valence-corrected chi connectivity index (χ4v) is 1.74. The van der Waals surface area contributed by atoms with Crippen LogP contribution in [0.3, 0.4) is 0 Å². The van der Waals surface area contributed by atoms with Crippen molar-refractivity contribution in [1.29, 1.82) is 0 Å². The second-order valence-corrected chi connectivity index (χ2v) is 4.65. The molecule has 0 bridgehead atoms. The van der Waals surface area contributed by atoms with Gasteiger partial charge in [-0.3, -0.25) is 0 Å². The molecule has 14 heavy (non-hydrogen) atoms. The highest BCUT2D eigenvalue weighted by Crippen LogP contribution is 2.28. The molecule has 1 aliphatic heterocycles. The number of rotatable bonds is 5. The summed E-state index contributed by atoms with van der Waals surface area (Å²) in [6, 6.07) is 0. The fourth-order valence-electron chi connectivity index (χ4n) is 1.74. The highest BCUT2D eigenvalue weighted by molar-refractivity contribution is 4.74. The molecule has 0 aliphatic carbocycles. The van der Waals surface area contributed by atoms with Gasteiger partial charge in [-0.05, 0) is 19.3 Å². The Labute approximate surface area is 86.4 Å². The first-order chi connectivity index (χ1) is 6.56. The molecule has 3 heteroatoms. The van der Waals surface area contributed by atoms with Crippen molar-refractivity contribution < 1.29 is 14.6 Å². The van der Waals surface area contributed by atoms with Crippen LogP contribution in [0.1, 0.15) is 40.0 Å². The van der Waals surface area contributed by atoms with E-state index in [-0.39, 0.29) is 12.7 Å². The van der Waals surface area contributed by atoms with Crippen LogP contribution in [0.4, 0.5) is 0 Å². The maximum atomic E-state index is 8.91. The van der Waals surface area contributed by atoms with Gasteiger partial charge < -0.3 is 14.6 Å². The summed E-state index contributed by atoms with van der Waals surface area (Å²) in [4.78, 5) is 0. The zero-order valence-electron chi connectivity index (χ0n) is 9.45. The molecule has 84 valence electrons. The summed E-state index contributed by atoms with van der Waals surface area (Å²) in [5, 5.41) is 8.91. The molecular formula is C11H22O3. The zero-order valence-corrected chi connectivity index (χ0v) is 9.45. The first-order valence-electron chi connectivity index (χ1n) is 5.48. The Bertz CT molecular complexity index is 170. The quantitative estimate of drug-likeness (QED) is 0.740. The van der Waals surface area contributed by atoms with Crippen LogP contribution < -0.4 is 0 Å². The average molecular weight is 202 g/mol. The van der Waals surface area contributed by atoms with E-state index in [9.17, 15) is 0 Å². The number of hydrogen-bond acceptors (Lipinski definition) is 3. The van der Waals surface area contributed by atoms with Crippen molar-refractivity contribution in [3.05, 3.63) is 0 Å². The van der Waals surface area contributed by atoms with Crippen molar-refractivity contribution in [2.24, 2.45) is 5.92 Å². The Morgan fingerprint density at radius 1 is 1.50 bits per heavy atom. The average Bonchev–Trinajstić information content (AvgIpc) is 2.47. The van der Waals surface area contributed by atoms with Gasteiger partial charge in [-0.2, -0.15) is 0 Å². The molecule has 0 aromatic rings. The van der Waals surface area contributed by atoms with E-state index in [2.05, 4.69) is 13.8 Å². The molecule has 0 spiro atoms. The lowest BCUT2D eigenvalue weighted by Gasteiger charge is -2.23. The zero-order chi connectivity index (χ0) is 10.6. The molecule has 1 aliphatic rings. The lowest BCUT2D eigenvalue weighted by atomic mass is 10.0. The van der Waals surface area contributed by atoms with Crippen molar-refractivity contribution in [1.82, 2.24) is 0 Å². The van der Waals surface area contributed by atoms with Crippen LogP contribution in [0, 0.1) is 5.92 Å². The van der Waals surface area contributed by atoms with Gasteiger partial charge in [0.15, 0.2) is 5.79 Å². The van der Waals surface area contributed by atoms with Crippen LogP contribution in [0.2, 0.25) is 0 Å². The fraction of sp³-hybridized carbons (Fsp3) is 1.00. The predicted molar refractivity (Wildman–Crippen MR) is 55.0 cm³/mol. The smallest absolute Gasteiger partial charge is 0.166 e. The third kappa shape index (κ3) is 3.56. The van der Waals surface area contributed by atoms with E-state index in [1.807, 2.05) is 6.92 Å². The molecule has 1 heterocycles. The van der Waals surface area contributed by atoms with Gasteiger partial charge in [-0.25, -0.2) is 0 Å². The van der Waals surface area contributed by atoms with Crippen molar-refractivity contribution >= 4 is 0 Å². The maximum absolute atomic E-state index is 8.91. The Balaban J connectivity index is 2.23. The third-order valence-electron chi connectivity index (χ3n) is 2.61. The summed E-state index contributed by atoms with van der Waals surface area (Å²) in [7, 11) is 0. The van der Waals surface area contributed by atoms with Gasteiger partial charge >= 0.3 is 0 Å². The van der Waals surface area contributed by atoms with Crippen LogP contribution >= 0.6 is 0 Å². The minimum Gasteiger partial charge on any atom is -0.394 e. The normalized spacial score (nSPS) is 32.8. The molecule has 1 fully saturated rings. The molecule has 2 atom stereocenters. The van der Waals surface area contributed by atoms with Crippen LogP contribution in [-0.2, 0) is 9.47 Å². The highest BCUT2D eigenvalue weighted by Gasteiger charge is 2.36. The summed E-state index contributed by atoms with van der Waals surface area (Å²) in [5.74, 6) is 0.274. The van der Waals surface area contributed by atoms with E-state index >= 15 is 0 Å².